The fourth-order valence-corrected chi connectivity index (χ4v) is 5.28. The number of anilines is 3. The van der Waals surface area contributed by atoms with Gasteiger partial charge in [-0.1, -0.05) is 0 Å². The summed E-state index contributed by atoms with van der Waals surface area (Å²) in [5.41, 5.74) is 2.12. The minimum atomic E-state index is -0.442. The maximum atomic E-state index is 13.4. The molecule has 36 heavy (non-hydrogen) atoms. The predicted molar refractivity (Wildman–Crippen MR) is 136 cm³/mol. The van der Waals surface area contributed by atoms with Crippen molar-refractivity contribution in [3.05, 3.63) is 62.8 Å². The van der Waals surface area contributed by atoms with Gasteiger partial charge in [-0.05, 0) is 48.2 Å². The highest BCUT2D eigenvalue weighted by atomic mass is 32.2. The van der Waals surface area contributed by atoms with Gasteiger partial charge >= 0.3 is 0 Å². The Bertz CT molecular complexity index is 1230. The van der Waals surface area contributed by atoms with Crippen molar-refractivity contribution in [3.63, 3.8) is 0 Å². The minimum absolute atomic E-state index is 0.0229. The number of nitro benzene ring substituents is 1. The van der Waals surface area contributed by atoms with Crippen LogP contribution in [0.4, 0.5) is 27.1 Å². The van der Waals surface area contributed by atoms with Crippen LogP contribution in [0.15, 0.2) is 41.3 Å². The molecule has 12 heteroatoms. The molecule has 3 fully saturated rings. The lowest BCUT2D eigenvalue weighted by atomic mass is 10.1. The molecule has 0 saturated carbocycles. The normalized spacial score (nSPS) is 19.9. The molecule has 2 aromatic rings. The maximum absolute atomic E-state index is 13.4. The van der Waals surface area contributed by atoms with E-state index in [1.165, 1.54) is 35.2 Å². The molecule has 188 valence electrons. The zero-order valence-electron chi connectivity index (χ0n) is 19.3. The first-order chi connectivity index (χ1) is 17.4. The number of carbonyl (C=O) groups excluding carboxylic acids is 1. The van der Waals surface area contributed by atoms with Gasteiger partial charge in [0.1, 0.15) is 11.5 Å². The van der Waals surface area contributed by atoms with Crippen molar-refractivity contribution in [2.45, 2.75) is 0 Å². The summed E-state index contributed by atoms with van der Waals surface area (Å²) in [5, 5.41) is 20.4. The third-order valence-corrected chi connectivity index (χ3v) is 7.11. The van der Waals surface area contributed by atoms with Gasteiger partial charge in [0.05, 0.1) is 41.9 Å². The summed E-state index contributed by atoms with van der Waals surface area (Å²) in [4.78, 5) is 30.4. The summed E-state index contributed by atoms with van der Waals surface area (Å²) in [6, 6.07) is 8.65. The number of benzene rings is 2. The minimum Gasteiger partial charge on any atom is -0.378 e. The Balaban J connectivity index is 1.57. The number of hydrogen-bond donors (Lipinski definition) is 1. The number of rotatable bonds is 5. The van der Waals surface area contributed by atoms with E-state index in [2.05, 4.69) is 4.90 Å². The third kappa shape index (κ3) is 4.79. The Morgan fingerprint density at radius 1 is 0.972 bits per heavy atom. The molecule has 0 unspecified atom stereocenters. The number of ether oxygens (including phenoxy) is 2. The Morgan fingerprint density at radius 3 is 2.14 bits per heavy atom. The maximum Gasteiger partial charge on any atom is 0.293 e. The van der Waals surface area contributed by atoms with E-state index in [0.717, 1.165) is 17.4 Å². The van der Waals surface area contributed by atoms with E-state index in [-0.39, 0.29) is 15.8 Å². The molecule has 0 aliphatic carbocycles. The van der Waals surface area contributed by atoms with Crippen molar-refractivity contribution in [2.24, 2.45) is 0 Å². The number of amidine groups is 1. The van der Waals surface area contributed by atoms with Gasteiger partial charge < -0.3 is 19.3 Å². The number of nitro groups is 1. The lowest BCUT2D eigenvalue weighted by molar-refractivity contribution is -0.384. The first-order valence-electron chi connectivity index (χ1n) is 11.5. The Morgan fingerprint density at radius 2 is 1.56 bits per heavy atom. The van der Waals surface area contributed by atoms with Crippen LogP contribution in [0.5, 0.6) is 0 Å². The number of morpholine rings is 2. The second kappa shape index (κ2) is 10.2. The van der Waals surface area contributed by atoms with Gasteiger partial charge in [0.25, 0.3) is 11.6 Å². The van der Waals surface area contributed by atoms with Crippen LogP contribution in [0.1, 0.15) is 5.56 Å². The van der Waals surface area contributed by atoms with Gasteiger partial charge in [0.15, 0.2) is 5.17 Å². The number of halogens is 1. The molecule has 3 heterocycles. The number of carbonyl (C=O) groups is 1. The molecule has 5 rings (SSSR count). The zero-order valence-corrected chi connectivity index (χ0v) is 20.1. The Kier molecular flexibility index (Phi) is 6.90. The van der Waals surface area contributed by atoms with Gasteiger partial charge in [0, 0.05) is 43.5 Å². The predicted octanol–water partition coefficient (Wildman–Crippen LogP) is 3.46. The second-order valence-corrected chi connectivity index (χ2v) is 9.42. The molecule has 3 saturated heterocycles. The number of amides is 1. The zero-order chi connectivity index (χ0) is 25.2. The molecule has 1 N–H and O–H groups in total. The van der Waals surface area contributed by atoms with E-state index < -0.39 is 16.6 Å². The van der Waals surface area contributed by atoms with Crippen LogP contribution in [0, 0.1) is 21.3 Å². The highest BCUT2D eigenvalue weighted by Crippen LogP contribution is 2.41. The van der Waals surface area contributed by atoms with Gasteiger partial charge in [0.2, 0.25) is 0 Å². The second-order valence-electron chi connectivity index (χ2n) is 8.39. The van der Waals surface area contributed by atoms with Crippen molar-refractivity contribution >= 4 is 51.7 Å². The number of hydrogen-bond acceptors (Lipinski definition) is 9. The third-order valence-electron chi connectivity index (χ3n) is 6.22. The summed E-state index contributed by atoms with van der Waals surface area (Å²) in [6.07, 6.45) is 1.60. The largest absolute Gasteiger partial charge is 0.378 e. The lowest BCUT2D eigenvalue weighted by Crippen LogP contribution is -2.38. The van der Waals surface area contributed by atoms with Gasteiger partial charge in [-0.25, -0.2) is 4.39 Å². The molecular weight excluding hydrogens is 489 g/mol. The van der Waals surface area contributed by atoms with Crippen molar-refractivity contribution in [1.29, 1.82) is 5.41 Å². The highest BCUT2D eigenvalue weighted by Gasteiger charge is 2.34. The Hall–Kier alpha value is -3.48. The van der Waals surface area contributed by atoms with Crippen LogP contribution in [-0.4, -0.2) is 68.6 Å². The molecular formula is C24H24FN5O5S. The van der Waals surface area contributed by atoms with Crippen LogP contribution in [-0.2, 0) is 14.3 Å². The first-order valence-corrected chi connectivity index (χ1v) is 12.3. The van der Waals surface area contributed by atoms with Crippen LogP contribution >= 0.6 is 11.8 Å². The lowest BCUT2D eigenvalue weighted by Gasteiger charge is -2.33. The van der Waals surface area contributed by atoms with Crippen molar-refractivity contribution in [3.8, 4) is 0 Å². The van der Waals surface area contributed by atoms with E-state index in [4.69, 9.17) is 14.9 Å². The SMILES string of the molecule is N=C1S/C(=C\c2cc([N+](=O)[O-])c(N3CCOCC3)cc2N2CCOCC2)C(=O)N1c1ccc(F)cc1. The summed E-state index contributed by atoms with van der Waals surface area (Å²) in [7, 11) is 0. The van der Waals surface area contributed by atoms with Gasteiger partial charge in [-0.15, -0.1) is 0 Å². The first kappa shape index (κ1) is 24.2. The van der Waals surface area contributed by atoms with E-state index in [9.17, 15) is 19.3 Å². The number of nitrogens with zero attached hydrogens (tertiary/aromatic N) is 4. The van der Waals surface area contributed by atoms with Crippen molar-refractivity contribution < 1.29 is 23.6 Å². The van der Waals surface area contributed by atoms with E-state index in [0.29, 0.717) is 69.5 Å². The molecule has 2 aromatic carbocycles. The number of thioether (sulfide) groups is 1. The fourth-order valence-electron chi connectivity index (χ4n) is 4.43. The standard InChI is InChI=1S/C24H24FN5O5S/c25-17-1-3-18(4-2-17)29-23(31)22(36-24(29)26)14-16-13-21(30(32)33)20(28-7-11-35-12-8-28)15-19(16)27-5-9-34-10-6-27/h1-4,13-15,26H,5-12H2/b22-14-,26-24?. The Labute approximate surface area is 210 Å². The highest BCUT2D eigenvalue weighted by molar-refractivity contribution is 8.19. The monoisotopic (exact) mass is 513 g/mol. The van der Waals surface area contributed by atoms with Gasteiger partial charge in [-0.3, -0.25) is 25.2 Å². The van der Waals surface area contributed by atoms with Crippen LogP contribution < -0.4 is 14.7 Å². The van der Waals surface area contributed by atoms with Crippen LogP contribution in [0.3, 0.4) is 0 Å². The van der Waals surface area contributed by atoms with E-state index in [1.54, 1.807) is 6.08 Å². The van der Waals surface area contributed by atoms with E-state index in [1.807, 2.05) is 11.0 Å². The molecule has 3 aliphatic rings. The smallest absolute Gasteiger partial charge is 0.293 e. The van der Waals surface area contributed by atoms with E-state index >= 15 is 0 Å². The quantitative estimate of drug-likeness (QED) is 0.368. The average Bonchev–Trinajstić information content (AvgIpc) is 3.17. The fraction of sp³-hybridized carbons (Fsp3) is 0.333. The van der Waals surface area contributed by atoms with Crippen molar-refractivity contribution in [2.75, 3.05) is 67.3 Å². The summed E-state index contributed by atoms with van der Waals surface area (Å²) in [6.45, 7) is 4.33. The average molecular weight is 514 g/mol. The van der Waals surface area contributed by atoms with Crippen LogP contribution in [0.2, 0.25) is 0 Å². The number of nitrogens with one attached hydrogen (secondary N) is 1. The molecule has 10 nitrogen and oxygen atoms in total. The topological polar surface area (TPSA) is 112 Å². The summed E-state index contributed by atoms with van der Waals surface area (Å²) in [5.74, 6) is -0.882. The summed E-state index contributed by atoms with van der Waals surface area (Å²) >= 11 is 0.965. The van der Waals surface area contributed by atoms with Crippen LogP contribution in [0.25, 0.3) is 6.08 Å². The van der Waals surface area contributed by atoms with Gasteiger partial charge in [-0.2, -0.15) is 0 Å². The molecule has 0 bridgehead atoms. The summed E-state index contributed by atoms with van der Waals surface area (Å²) < 4.78 is 24.3. The molecule has 0 atom stereocenters. The molecule has 3 aliphatic heterocycles. The molecule has 0 radical (unpaired) electrons. The molecule has 0 spiro atoms. The molecule has 1 amide bonds. The van der Waals surface area contributed by atoms with Crippen molar-refractivity contribution in [1.82, 2.24) is 0 Å². The molecule has 0 aromatic heterocycles.